The molecule has 0 radical (unpaired) electrons. The Kier molecular flexibility index (Phi) is 5.06. The zero-order valence-electron chi connectivity index (χ0n) is 18.5. The predicted octanol–water partition coefficient (Wildman–Crippen LogP) is 3.93. The normalized spacial score (nSPS) is 33.4. The summed E-state index contributed by atoms with van der Waals surface area (Å²) in [5.74, 6) is 1.75. The number of ether oxygens (including phenoxy) is 1. The van der Waals surface area contributed by atoms with Gasteiger partial charge < -0.3 is 15.0 Å². The van der Waals surface area contributed by atoms with Crippen molar-refractivity contribution in [2.75, 3.05) is 19.0 Å². The van der Waals surface area contributed by atoms with Gasteiger partial charge >= 0.3 is 5.97 Å². The van der Waals surface area contributed by atoms with E-state index in [1.54, 1.807) is 18.2 Å². The van der Waals surface area contributed by atoms with Gasteiger partial charge in [-0.25, -0.2) is 4.79 Å². The molecule has 0 spiro atoms. The van der Waals surface area contributed by atoms with E-state index >= 15 is 0 Å². The van der Waals surface area contributed by atoms with Gasteiger partial charge in [0.05, 0.1) is 18.1 Å². The second-order valence-electron chi connectivity index (χ2n) is 10.4. The summed E-state index contributed by atoms with van der Waals surface area (Å²) in [6.07, 6.45) is 8.50. The van der Waals surface area contributed by atoms with Crippen molar-refractivity contribution in [2.24, 2.45) is 23.2 Å². The van der Waals surface area contributed by atoms with Crippen molar-refractivity contribution in [1.82, 2.24) is 4.90 Å². The molecule has 4 aliphatic carbocycles. The summed E-state index contributed by atoms with van der Waals surface area (Å²) in [6.45, 7) is 2.56. The zero-order chi connectivity index (χ0) is 21.8. The molecule has 2 amide bonds. The van der Waals surface area contributed by atoms with E-state index in [2.05, 4.69) is 5.32 Å². The molecule has 0 aromatic heterocycles. The van der Waals surface area contributed by atoms with Gasteiger partial charge in [-0.15, -0.1) is 0 Å². The third kappa shape index (κ3) is 3.54. The third-order valence-corrected chi connectivity index (χ3v) is 8.22. The number of benzene rings is 1. The van der Waals surface area contributed by atoms with E-state index in [0.29, 0.717) is 42.0 Å². The molecule has 1 aromatic rings. The van der Waals surface area contributed by atoms with Gasteiger partial charge in [0.25, 0.3) is 0 Å². The number of likely N-dealkylation sites (tertiary alicyclic amines) is 1. The van der Waals surface area contributed by atoms with Gasteiger partial charge in [-0.05, 0) is 93.7 Å². The fraction of sp³-hybridized carbons (Fsp3) is 0.640. The minimum atomic E-state index is -0.435. The van der Waals surface area contributed by atoms with Crippen molar-refractivity contribution in [3.05, 3.63) is 29.3 Å². The van der Waals surface area contributed by atoms with Crippen LogP contribution in [0.4, 0.5) is 5.69 Å². The van der Waals surface area contributed by atoms with Crippen molar-refractivity contribution >= 4 is 23.5 Å². The summed E-state index contributed by atoms with van der Waals surface area (Å²) in [5, 5.41) is 2.99. The number of nitrogens with zero attached hydrogens (tertiary/aromatic N) is 1. The highest BCUT2D eigenvalue weighted by molar-refractivity contribution is 6.00. The summed E-state index contributed by atoms with van der Waals surface area (Å²) >= 11 is 0. The van der Waals surface area contributed by atoms with Crippen LogP contribution >= 0.6 is 0 Å². The van der Waals surface area contributed by atoms with E-state index in [1.165, 1.54) is 26.4 Å². The highest BCUT2D eigenvalue weighted by Gasteiger charge is 2.56. The Morgan fingerprint density at radius 1 is 1.06 bits per heavy atom. The van der Waals surface area contributed by atoms with Crippen molar-refractivity contribution in [3.8, 4) is 0 Å². The van der Waals surface area contributed by atoms with E-state index in [0.717, 1.165) is 31.2 Å². The average molecular weight is 425 g/mol. The first kappa shape index (κ1) is 20.5. The lowest BCUT2D eigenvalue weighted by atomic mass is 9.49. The maximum Gasteiger partial charge on any atom is 0.337 e. The van der Waals surface area contributed by atoms with Gasteiger partial charge in [0.2, 0.25) is 11.8 Å². The van der Waals surface area contributed by atoms with Crippen LogP contribution < -0.4 is 5.32 Å². The zero-order valence-corrected chi connectivity index (χ0v) is 18.5. The minimum absolute atomic E-state index is 0.152. The van der Waals surface area contributed by atoms with Gasteiger partial charge in [0.1, 0.15) is 6.04 Å². The Balaban J connectivity index is 1.33. The maximum absolute atomic E-state index is 13.8. The molecule has 6 nitrogen and oxygen atoms in total. The van der Waals surface area contributed by atoms with Crippen LogP contribution in [0.25, 0.3) is 0 Å². The third-order valence-electron chi connectivity index (χ3n) is 8.22. The highest BCUT2D eigenvalue weighted by atomic mass is 16.5. The van der Waals surface area contributed by atoms with Crippen molar-refractivity contribution in [2.45, 2.75) is 64.3 Å². The van der Waals surface area contributed by atoms with Crippen molar-refractivity contribution in [1.29, 1.82) is 0 Å². The SMILES string of the molecule is COC(=O)c1ccc(C)c(NC(=O)[C@@H]2CCCN2C(=O)C23CC4CC(CC(C4)C2)C3)c1. The molecule has 1 N–H and O–H groups in total. The molecule has 5 fully saturated rings. The Morgan fingerprint density at radius 3 is 2.32 bits per heavy atom. The number of amides is 2. The standard InChI is InChI=1S/C25H32N2O4/c1-15-5-6-19(23(29)31-2)11-20(15)26-22(28)21-4-3-7-27(21)24(30)25-12-16-8-17(13-25)10-18(9-16)14-25/h5-6,11,16-18,21H,3-4,7-10,12-14H2,1-2H3,(H,26,28)/t16?,17?,18?,21-,25?/m0/s1. The summed E-state index contributed by atoms with van der Waals surface area (Å²) < 4.78 is 4.80. The summed E-state index contributed by atoms with van der Waals surface area (Å²) in [4.78, 5) is 40.8. The predicted molar refractivity (Wildman–Crippen MR) is 116 cm³/mol. The highest BCUT2D eigenvalue weighted by Crippen LogP contribution is 2.60. The quantitative estimate of drug-likeness (QED) is 0.743. The molecule has 4 saturated carbocycles. The molecule has 1 saturated heterocycles. The second-order valence-corrected chi connectivity index (χ2v) is 10.4. The van der Waals surface area contributed by atoms with Crippen LogP contribution in [0.3, 0.4) is 0 Å². The van der Waals surface area contributed by atoms with E-state index in [4.69, 9.17) is 4.74 Å². The van der Waals surface area contributed by atoms with Gasteiger partial charge in [-0.3, -0.25) is 9.59 Å². The van der Waals surface area contributed by atoms with Crippen LogP contribution in [-0.4, -0.2) is 42.4 Å². The van der Waals surface area contributed by atoms with Crippen molar-refractivity contribution in [3.63, 3.8) is 0 Å². The lowest BCUT2D eigenvalue weighted by Crippen LogP contribution is -2.56. The number of anilines is 1. The van der Waals surface area contributed by atoms with Crippen LogP contribution in [0.1, 0.15) is 67.3 Å². The van der Waals surface area contributed by atoms with Crippen molar-refractivity contribution < 1.29 is 19.1 Å². The molecule has 4 bridgehead atoms. The Labute approximate surface area is 183 Å². The van der Waals surface area contributed by atoms with E-state index < -0.39 is 12.0 Å². The number of esters is 1. The second kappa shape index (κ2) is 7.64. The number of carbonyl (C=O) groups is 3. The molecule has 31 heavy (non-hydrogen) atoms. The Hall–Kier alpha value is -2.37. The molecule has 1 aromatic carbocycles. The molecule has 0 unspecified atom stereocenters. The monoisotopic (exact) mass is 424 g/mol. The van der Waals surface area contributed by atoms with Crippen LogP contribution in [0.5, 0.6) is 0 Å². The number of carbonyl (C=O) groups excluding carboxylic acids is 3. The lowest BCUT2D eigenvalue weighted by Gasteiger charge is -2.56. The molecule has 166 valence electrons. The maximum atomic E-state index is 13.8. The smallest absolute Gasteiger partial charge is 0.337 e. The van der Waals surface area contributed by atoms with Gasteiger partial charge in [-0.1, -0.05) is 6.07 Å². The minimum Gasteiger partial charge on any atom is -0.465 e. The molecular formula is C25H32N2O4. The van der Waals surface area contributed by atoms with Crippen LogP contribution in [-0.2, 0) is 14.3 Å². The largest absolute Gasteiger partial charge is 0.465 e. The van der Waals surface area contributed by atoms with Crippen LogP contribution in [0, 0.1) is 30.1 Å². The molecule has 6 rings (SSSR count). The summed E-state index contributed by atoms with van der Waals surface area (Å²) in [6, 6.07) is 4.71. The number of methoxy groups -OCH3 is 1. The van der Waals surface area contributed by atoms with E-state index in [1.807, 2.05) is 11.8 Å². The molecule has 1 atom stereocenters. The number of hydrogen-bond donors (Lipinski definition) is 1. The van der Waals surface area contributed by atoms with E-state index in [-0.39, 0.29) is 17.2 Å². The molecule has 6 heteroatoms. The summed E-state index contributed by atoms with van der Waals surface area (Å²) in [5.41, 5.74) is 1.65. The Bertz CT molecular complexity index is 889. The first-order valence-corrected chi connectivity index (χ1v) is 11.7. The topological polar surface area (TPSA) is 75.7 Å². The number of hydrogen-bond acceptors (Lipinski definition) is 4. The first-order valence-electron chi connectivity index (χ1n) is 11.7. The van der Waals surface area contributed by atoms with Gasteiger partial charge in [-0.2, -0.15) is 0 Å². The number of nitrogens with one attached hydrogen (secondary N) is 1. The van der Waals surface area contributed by atoms with Gasteiger partial charge in [0, 0.05) is 12.2 Å². The van der Waals surface area contributed by atoms with Crippen LogP contribution in [0.15, 0.2) is 18.2 Å². The fourth-order valence-electron chi connectivity index (χ4n) is 7.18. The number of aryl methyl sites for hydroxylation is 1. The fourth-order valence-corrected chi connectivity index (χ4v) is 7.18. The first-order chi connectivity index (χ1) is 14.9. The van der Waals surface area contributed by atoms with Gasteiger partial charge in [0.15, 0.2) is 0 Å². The number of rotatable bonds is 4. The van der Waals surface area contributed by atoms with E-state index in [9.17, 15) is 14.4 Å². The molecule has 1 heterocycles. The molecular weight excluding hydrogens is 392 g/mol. The molecule has 5 aliphatic rings. The van der Waals surface area contributed by atoms with Crippen LogP contribution in [0.2, 0.25) is 0 Å². The lowest BCUT2D eigenvalue weighted by molar-refractivity contribution is -0.160. The Morgan fingerprint density at radius 2 is 1.71 bits per heavy atom. The summed E-state index contributed by atoms with van der Waals surface area (Å²) in [7, 11) is 1.34. The molecule has 1 aliphatic heterocycles. The average Bonchev–Trinajstić information content (AvgIpc) is 3.23.